The summed E-state index contributed by atoms with van der Waals surface area (Å²) in [6.45, 7) is 4.66. The number of nitrogens with zero attached hydrogens (tertiary/aromatic N) is 1. The van der Waals surface area contributed by atoms with Crippen molar-refractivity contribution in [3.8, 4) is 0 Å². The van der Waals surface area contributed by atoms with Gasteiger partial charge in [-0.15, -0.1) is 0 Å². The number of hydrogen-bond donors (Lipinski definition) is 0. The maximum Gasteiger partial charge on any atom is 0.0855 e. The van der Waals surface area contributed by atoms with E-state index in [9.17, 15) is 0 Å². The second-order valence-corrected chi connectivity index (χ2v) is 6.23. The molecule has 1 unspecified atom stereocenters. The molecule has 1 atom stereocenters. The monoisotopic (exact) mass is 228 g/mol. The topological polar surface area (TPSA) is 0 Å². The smallest absolute Gasteiger partial charge is 0.0855 e. The first-order chi connectivity index (χ1) is 7.48. The summed E-state index contributed by atoms with van der Waals surface area (Å²) in [5.74, 6) is 0. The Labute approximate surface area is 104 Å². The first-order valence-electron chi connectivity index (χ1n) is 7.29. The fourth-order valence-corrected chi connectivity index (χ4v) is 1.96. The molecule has 0 bridgehead atoms. The standard InChI is InChI=1S/C15H34N/c1-6-7-8-9-10-11-12-13-14-15(2)16(3,4)5/h15H,6-14H2,1-5H3/q+1. The Morgan fingerprint density at radius 1 is 0.750 bits per heavy atom. The number of rotatable bonds is 10. The molecule has 0 aliphatic heterocycles. The Kier molecular flexibility index (Phi) is 9.02. The molecule has 0 amide bonds. The summed E-state index contributed by atoms with van der Waals surface area (Å²) in [4.78, 5) is 0. The van der Waals surface area contributed by atoms with E-state index in [4.69, 9.17) is 0 Å². The van der Waals surface area contributed by atoms with Crippen molar-refractivity contribution >= 4 is 0 Å². The zero-order valence-corrected chi connectivity index (χ0v) is 12.4. The normalized spacial score (nSPS) is 14.1. The number of quaternary nitrogens is 1. The third kappa shape index (κ3) is 9.21. The molecule has 1 nitrogen and oxygen atoms in total. The molecule has 0 aromatic heterocycles. The molecular weight excluding hydrogens is 194 g/mol. The van der Waals surface area contributed by atoms with Gasteiger partial charge in [0, 0.05) is 0 Å². The molecule has 0 saturated heterocycles. The van der Waals surface area contributed by atoms with Crippen LogP contribution in [0, 0.1) is 0 Å². The predicted molar refractivity (Wildman–Crippen MR) is 74.7 cm³/mol. The van der Waals surface area contributed by atoms with Gasteiger partial charge >= 0.3 is 0 Å². The lowest BCUT2D eigenvalue weighted by Gasteiger charge is -2.31. The lowest BCUT2D eigenvalue weighted by Crippen LogP contribution is -2.43. The average molecular weight is 228 g/mol. The van der Waals surface area contributed by atoms with Crippen LogP contribution in [0.25, 0.3) is 0 Å². The van der Waals surface area contributed by atoms with Crippen LogP contribution in [-0.4, -0.2) is 31.7 Å². The van der Waals surface area contributed by atoms with Gasteiger partial charge in [-0.1, -0.05) is 51.9 Å². The molecule has 0 spiro atoms. The van der Waals surface area contributed by atoms with E-state index in [1.54, 1.807) is 0 Å². The van der Waals surface area contributed by atoms with E-state index < -0.39 is 0 Å². The Morgan fingerprint density at radius 2 is 1.19 bits per heavy atom. The lowest BCUT2D eigenvalue weighted by atomic mass is 10.0. The van der Waals surface area contributed by atoms with E-state index in [2.05, 4.69) is 35.0 Å². The average Bonchev–Trinajstić information content (AvgIpc) is 2.20. The van der Waals surface area contributed by atoms with Gasteiger partial charge in [-0.05, 0) is 19.8 Å². The largest absolute Gasteiger partial charge is 0.329 e. The molecule has 1 heteroatoms. The summed E-state index contributed by atoms with van der Waals surface area (Å²) in [7, 11) is 6.90. The Bertz CT molecular complexity index is 146. The summed E-state index contributed by atoms with van der Waals surface area (Å²) in [5.41, 5.74) is 0. The van der Waals surface area contributed by atoms with Gasteiger partial charge in [-0.2, -0.15) is 0 Å². The Hall–Kier alpha value is -0.0400. The summed E-state index contributed by atoms with van der Waals surface area (Å²) in [6.07, 6.45) is 12.9. The number of hydrogen-bond acceptors (Lipinski definition) is 0. The van der Waals surface area contributed by atoms with Gasteiger partial charge in [-0.3, -0.25) is 0 Å². The third-order valence-corrected chi connectivity index (χ3v) is 3.80. The van der Waals surface area contributed by atoms with Crippen LogP contribution in [-0.2, 0) is 0 Å². The first kappa shape index (κ1) is 16.0. The van der Waals surface area contributed by atoms with Crippen molar-refractivity contribution in [1.82, 2.24) is 0 Å². The van der Waals surface area contributed by atoms with Crippen molar-refractivity contribution in [3.63, 3.8) is 0 Å². The molecule has 0 aromatic rings. The summed E-state index contributed by atoms with van der Waals surface area (Å²) < 4.78 is 1.11. The van der Waals surface area contributed by atoms with Crippen molar-refractivity contribution in [2.24, 2.45) is 0 Å². The Morgan fingerprint density at radius 3 is 1.62 bits per heavy atom. The maximum atomic E-state index is 2.38. The van der Waals surface area contributed by atoms with Crippen LogP contribution < -0.4 is 0 Å². The second kappa shape index (κ2) is 9.04. The lowest BCUT2D eigenvalue weighted by molar-refractivity contribution is -0.894. The highest BCUT2D eigenvalue weighted by atomic mass is 15.3. The van der Waals surface area contributed by atoms with Crippen molar-refractivity contribution in [1.29, 1.82) is 0 Å². The van der Waals surface area contributed by atoms with Crippen molar-refractivity contribution < 1.29 is 4.48 Å². The molecule has 16 heavy (non-hydrogen) atoms. The zero-order chi connectivity index (χ0) is 12.4. The molecule has 0 fully saturated rings. The van der Waals surface area contributed by atoms with Crippen LogP contribution >= 0.6 is 0 Å². The van der Waals surface area contributed by atoms with Crippen LogP contribution in [0.15, 0.2) is 0 Å². The fourth-order valence-electron chi connectivity index (χ4n) is 1.96. The quantitative estimate of drug-likeness (QED) is 0.378. The highest BCUT2D eigenvalue weighted by Gasteiger charge is 2.16. The van der Waals surface area contributed by atoms with E-state index in [0.29, 0.717) is 0 Å². The van der Waals surface area contributed by atoms with Gasteiger partial charge in [0.05, 0.1) is 27.2 Å². The van der Waals surface area contributed by atoms with Gasteiger partial charge in [-0.25, -0.2) is 0 Å². The molecule has 0 N–H and O–H groups in total. The van der Waals surface area contributed by atoms with Crippen molar-refractivity contribution in [3.05, 3.63) is 0 Å². The van der Waals surface area contributed by atoms with Gasteiger partial charge in [0.2, 0.25) is 0 Å². The summed E-state index contributed by atoms with van der Waals surface area (Å²) in [5, 5.41) is 0. The van der Waals surface area contributed by atoms with Crippen molar-refractivity contribution in [2.75, 3.05) is 21.1 Å². The molecule has 0 aliphatic rings. The van der Waals surface area contributed by atoms with E-state index >= 15 is 0 Å². The highest BCUT2D eigenvalue weighted by Crippen LogP contribution is 2.14. The molecule has 0 aromatic carbocycles. The van der Waals surface area contributed by atoms with Crippen LogP contribution in [0.1, 0.15) is 71.6 Å². The third-order valence-electron chi connectivity index (χ3n) is 3.80. The molecule has 0 rings (SSSR count). The minimum atomic E-state index is 0.806. The Balaban J connectivity index is 3.21. The van der Waals surface area contributed by atoms with Gasteiger partial charge in [0.25, 0.3) is 0 Å². The summed E-state index contributed by atoms with van der Waals surface area (Å²) >= 11 is 0. The molecule has 0 heterocycles. The molecule has 98 valence electrons. The SMILES string of the molecule is CCCCCCCCCCC(C)[N+](C)(C)C. The minimum absolute atomic E-state index is 0.806. The van der Waals surface area contributed by atoms with Crippen LogP contribution in [0.3, 0.4) is 0 Å². The molecular formula is C15H34N+. The van der Waals surface area contributed by atoms with Crippen LogP contribution in [0.2, 0.25) is 0 Å². The molecule has 0 saturated carbocycles. The number of unbranched alkanes of at least 4 members (excludes halogenated alkanes) is 7. The molecule has 0 aliphatic carbocycles. The highest BCUT2D eigenvalue weighted by molar-refractivity contribution is 4.52. The minimum Gasteiger partial charge on any atom is -0.329 e. The maximum absolute atomic E-state index is 2.38. The van der Waals surface area contributed by atoms with Gasteiger partial charge in [0.15, 0.2) is 0 Å². The van der Waals surface area contributed by atoms with Crippen LogP contribution in [0.5, 0.6) is 0 Å². The van der Waals surface area contributed by atoms with E-state index in [1.807, 2.05) is 0 Å². The first-order valence-corrected chi connectivity index (χ1v) is 7.29. The van der Waals surface area contributed by atoms with E-state index in [-0.39, 0.29) is 0 Å². The zero-order valence-electron chi connectivity index (χ0n) is 12.4. The van der Waals surface area contributed by atoms with Crippen molar-refractivity contribution in [2.45, 2.75) is 77.7 Å². The fraction of sp³-hybridized carbons (Fsp3) is 1.00. The van der Waals surface area contributed by atoms with Gasteiger partial charge in [0.1, 0.15) is 0 Å². The summed E-state index contributed by atoms with van der Waals surface area (Å²) in [6, 6.07) is 0.806. The van der Waals surface area contributed by atoms with E-state index in [1.165, 1.54) is 57.8 Å². The van der Waals surface area contributed by atoms with Gasteiger partial charge < -0.3 is 4.48 Å². The van der Waals surface area contributed by atoms with Crippen LogP contribution in [0.4, 0.5) is 0 Å². The predicted octanol–water partition coefficient (Wildman–Crippen LogP) is 4.61. The van der Waals surface area contributed by atoms with E-state index in [0.717, 1.165) is 10.5 Å². The molecule has 0 radical (unpaired) electrons. The second-order valence-electron chi connectivity index (χ2n) is 6.23.